The molecule has 0 aromatic heterocycles. The van der Waals surface area contributed by atoms with Gasteiger partial charge in [0.15, 0.2) is 6.29 Å². The highest BCUT2D eigenvalue weighted by Crippen LogP contribution is 2.21. The van der Waals surface area contributed by atoms with Crippen LogP contribution >= 0.6 is 0 Å². The lowest BCUT2D eigenvalue weighted by Gasteiger charge is -2.12. The van der Waals surface area contributed by atoms with Crippen molar-refractivity contribution in [3.05, 3.63) is 34.8 Å². The van der Waals surface area contributed by atoms with Crippen molar-refractivity contribution in [2.45, 2.75) is 38.4 Å². The van der Waals surface area contributed by atoms with Crippen LogP contribution in [0.1, 0.15) is 32.1 Å². The predicted molar refractivity (Wildman–Crippen MR) is 73.5 cm³/mol. The minimum Gasteiger partial charge on any atom is -0.512 e. The molecule has 0 amide bonds. The number of unbranched alkanes of at least 4 members (excludes halogenated alkanes) is 2. The summed E-state index contributed by atoms with van der Waals surface area (Å²) in [6.45, 7) is 0. The number of ether oxygens (including phenoxy) is 2. The second-order valence-corrected chi connectivity index (χ2v) is 4.84. The maximum atomic E-state index is 9.93. The molecule has 0 aliphatic heterocycles. The van der Waals surface area contributed by atoms with Crippen LogP contribution in [0.15, 0.2) is 34.8 Å². The number of methoxy groups -OCH3 is 2. The first-order valence-electron chi connectivity index (χ1n) is 6.27. The molecule has 0 atom stereocenters. The predicted octanol–water partition coefficient (Wildman–Crippen LogP) is 2.99. The van der Waals surface area contributed by atoms with Gasteiger partial charge in [-0.1, -0.05) is 29.8 Å². The molecule has 99 valence electrons. The molecule has 4 heteroatoms. The Morgan fingerprint density at radius 2 is 2.00 bits per heavy atom. The molecule has 3 nitrogen and oxygen atoms in total. The van der Waals surface area contributed by atoms with Gasteiger partial charge in [0.1, 0.15) is 0 Å². The zero-order chi connectivity index (χ0) is 13.4. The van der Waals surface area contributed by atoms with Gasteiger partial charge in [-0.15, -0.1) is 0 Å². The van der Waals surface area contributed by atoms with E-state index < -0.39 is 0 Å². The molecule has 1 N–H and O–H groups in total. The van der Waals surface area contributed by atoms with Crippen LogP contribution in [0.5, 0.6) is 0 Å². The Balaban J connectivity index is 2.19. The number of rotatable bonds is 8. The van der Waals surface area contributed by atoms with E-state index in [2.05, 4.69) is 10.2 Å². The third-order valence-corrected chi connectivity index (χ3v) is 3.44. The lowest BCUT2D eigenvalue weighted by molar-refractivity contribution is -0.107. The number of allylic oxidation sites excluding steroid dienone is 6. The highest BCUT2D eigenvalue weighted by atomic mass is 28.1. The smallest absolute Gasteiger partial charge is 0.156 e. The Hall–Kier alpha value is -0.843. The van der Waals surface area contributed by atoms with Gasteiger partial charge >= 0.3 is 0 Å². The summed E-state index contributed by atoms with van der Waals surface area (Å²) in [4.78, 5) is 0. The van der Waals surface area contributed by atoms with E-state index in [1.165, 1.54) is 0 Å². The first-order valence-corrected chi connectivity index (χ1v) is 6.77. The summed E-state index contributed by atoms with van der Waals surface area (Å²) in [5.41, 5.74) is 0.901. The molecule has 1 rings (SSSR count). The van der Waals surface area contributed by atoms with Gasteiger partial charge in [0.05, 0.1) is 16.0 Å². The normalized spacial score (nSPS) is 17.4. The summed E-state index contributed by atoms with van der Waals surface area (Å²) >= 11 is 0. The van der Waals surface area contributed by atoms with Crippen molar-refractivity contribution >= 4 is 10.2 Å². The van der Waals surface area contributed by atoms with Gasteiger partial charge in [0.25, 0.3) is 0 Å². The van der Waals surface area contributed by atoms with Gasteiger partial charge in [-0.05, 0) is 19.3 Å². The maximum absolute atomic E-state index is 9.93. The van der Waals surface area contributed by atoms with E-state index in [1.54, 1.807) is 14.2 Å². The monoisotopic (exact) mass is 265 g/mol. The van der Waals surface area contributed by atoms with Crippen molar-refractivity contribution in [3.63, 3.8) is 0 Å². The fraction of sp³-hybridized carbons (Fsp3) is 0.571. The molecule has 0 aromatic rings. The van der Waals surface area contributed by atoms with Gasteiger partial charge in [-0.2, -0.15) is 0 Å². The Labute approximate surface area is 113 Å². The highest BCUT2D eigenvalue weighted by molar-refractivity contribution is 6.25. The summed E-state index contributed by atoms with van der Waals surface area (Å²) in [5, 5.41) is 10.9. The van der Waals surface area contributed by atoms with E-state index in [-0.39, 0.29) is 6.29 Å². The van der Waals surface area contributed by atoms with Gasteiger partial charge in [-0.25, -0.2) is 0 Å². The van der Waals surface area contributed by atoms with Gasteiger partial charge in [0, 0.05) is 26.2 Å². The van der Waals surface area contributed by atoms with E-state index in [9.17, 15) is 5.11 Å². The highest BCUT2D eigenvalue weighted by Gasteiger charge is 2.08. The average Bonchev–Trinajstić information content (AvgIpc) is 2.80. The summed E-state index contributed by atoms with van der Waals surface area (Å²) in [5.74, 6) is 0.458. The molecule has 0 aromatic carbocycles. The Kier molecular flexibility index (Phi) is 7.01. The van der Waals surface area contributed by atoms with E-state index >= 15 is 0 Å². The van der Waals surface area contributed by atoms with Crippen LogP contribution in [-0.2, 0) is 9.47 Å². The van der Waals surface area contributed by atoms with Crippen molar-refractivity contribution in [1.82, 2.24) is 0 Å². The van der Waals surface area contributed by atoms with Crippen molar-refractivity contribution in [2.75, 3.05) is 14.2 Å². The molecule has 18 heavy (non-hydrogen) atoms. The van der Waals surface area contributed by atoms with Crippen LogP contribution in [0.25, 0.3) is 0 Å². The van der Waals surface area contributed by atoms with E-state index in [4.69, 9.17) is 9.47 Å². The zero-order valence-electron chi connectivity index (χ0n) is 11.1. The maximum Gasteiger partial charge on any atom is 0.156 e. The fourth-order valence-electron chi connectivity index (χ4n) is 1.92. The fourth-order valence-corrected chi connectivity index (χ4v) is 2.24. The second-order valence-electron chi connectivity index (χ2n) is 4.30. The van der Waals surface area contributed by atoms with Crippen LogP contribution < -0.4 is 0 Å². The topological polar surface area (TPSA) is 38.7 Å². The van der Waals surface area contributed by atoms with Crippen LogP contribution in [0, 0.1) is 0 Å². The minimum atomic E-state index is -0.105. The molecule has 1 aliphatic rings. The number of hydrogen-bond donors (Lipinski definition) is 1. The van der Waals surface area contributed by atoms with Crippen molar-refractivity contribution in [2.24, 2.45) is 0 Å². The third kappa shape index (κ3) is 4.80. The molecule has 0 heterocycles. The first kappa shape index (κ1) is 15.2. The minimum absolute atomic E-state index is 0.105. The zero-order valence-corrected chi connectivity index (χ0v) is 12.1. The lowest BCUT2D eigenvalue weighted by Crippen LogP contribution is -2.12. The molecule has 0 saturated carbocycles. The lowest BCUT2D eigenvalue weighted by atomic mass is 10.1. The second kappa shape index (κ2) is 8.29. The molecular weight excluding hydrogens is 244 g/mol. The average molecular weight is 265 g/mol. The molecular formula is C14H21O3Si. The number of aliphatic hydroxyl groups excluding tert-OH is 1. The summed E-state index contributed by atoms with van der Waals surface area (Å²) in [7, 11) is 6.77. The van der Waals surface area contributed by atoms with E-state index in [0.29, 0.717) is 12.2 Å². The van der Waals surface area contributed by atoms with Crippen LogP contribution in [0.4, 0.5) is 0 Å². The third-order valence-electron chi connectivity index (χ3n) is 3.01. The SMILES string of the molecule is COC(CCCCCC(O)=C1C=CC=C1[Si])OC. The van der Waals surface area contributed by atoms with Crippen LogP contribution in [0.2, 0.25) is 0 Å². The molecule has 0 bridgehead atoms. The molecule has 1 aliphatic carbocycles. The number of aliphatic hydroxyl groups is 1. The summed E-state index contributed by atoms with van der Waals surface area (Å²) in [6.07, 6.45) is 10.4. The van der Waals surface area contributed by atoms with E-state index in [1.807, 2.05) is 18.2 Å². The largest absolute Gasteiger partial charge is 0.512 e. The quantitative estimate of drug-likeness (QED) is 0.317. The molecule has 3 radical (unpaired) electrons. The first-order chi connectivity index (χ1) is 8.69. The Bertz CT molecular complexity index is 341. The van der Waals surface area contributed by atoms with Gasteiger partial charge in [0.2, 0.25) is 0 Å². The van der Waals surface area contributed by atoms with Crippen molar-refractivity contribution in [3.8, 4) is 0 Å². The van der Waals surface area contributed by atoms with Crippen molar-refractivity contribution < 1.29 is 14.6 Å². The summed E-state index contributed by atoms with van der Waals surface area (Å²) < 4.78 is 10.2. The van der Waals surface area contributed by atoms with Crippen LogP contribution in [0.3, 0.4) is 0 Å². The summed E-state index contributed by atoms with van der Waals surface area (Å²) in [6, 6.07) is 0. The number of hydrogen-bond acceptors (Lipinski definition) is 3. The molecule has 0 spiro atoms. The molecule has 0 saturated heterocycles. The van der Waals surface area contributed by atoms with Gasteiger partial charge < -0.3 is 14.6 Å². The van der Waals surface area contributed by atoms with Gasteiger partial charge in [-0.3, -0.25) is 0 Å². The van der Waals surface area contributed by atoms with E-state index in [0.717, 1.165) is 36.5 Å². The standard InChI is InChI=1S/C14H21O3Si/c1-16-14(17-2)10-5-3-4-8-12(15)11-7-6-9-13(11)18/h6-7,9,14-15H,3-5,8,10H2,1-2H3. The van der Waals surface area contributed by atoms with Crippen LogP contribution in [-0.4, -0.2) is 35.9 Å². The Morgan fingerprint density at radius 3 is 2.56 bits per heavy atom. The Morgan fingerprint density at radius 1 is 1.28 bits per heavy atom. The van der Waals surface area contributed by atoms with Crippen molar-refractivity contribution in [1.29, 1.82) is 0 Å². The molecule has 0 fully saturated rings. The molecule has 0 unspecified atom stereocenters.